The Labute approximate surface area is 104 Å². The highest BCUT2D eigenvalue weighted by Crippen LogP contribution is 2.63. The van der Waals surface area contributed by atoms with E-state index in [0.717, 1.165) is 25.7 Å². The maximum atomic E-state index is 12.1. The van der Waals surface area contributed by atoms with Gasteiger partial charge in [0.1, 0.15) is 5.78 Å². The summed E-state index contributed by atoms with van der Waals surface area (Å²) in [5.74, 6) is 1.47. The number of ketones is 1. The first-order valence-electron chi connectivity index (χ1n) is 7.03. The fourth-order valence-corrected chi connectivity index (χ4v) is 4.91. The van der Waals surface area contributed by atoms with Gasteiger partial charge in [0.05, 0.1) is 5.60 Å². The van der Waals surface area contributed by atoms with Gasteiger partial charge in [-0.05, 0) is 49.4 Å². The van der Waals surface area contributed by atoms with Crippen LogP contribution in [0.5, 0.6) is 0 Å². The summed E-state index contributed by atoms with van der Waals surface area (Å²) in [6.07, 6.45) is 5.27. The van der Waals surface area contributed by atoms with Crippen molar-refractivity contribution in [1.29, 1.82) is 0 Å². The smallest absolute Gasteiger partial charge is 0.138 e. The first-order valence-corrected chi connectivity index (χ1v) is 7.03. The number of fused-ring (bicyclic) bond motifs is 4. The van der Waals surface area contributed by atoms with Crippen molar-refractivity contribution in [2.24, 2.45) is 22.7 Å². The molecule has 0 unspecified atom stereocenters. The molecule has 3 aliphatic carbocycles. The monoisotopic (exact) mass is 236 g/mol. The highest BCUT2D eigenvalue weighted by atomic mass is 16.3. The molecule has 96 valence electrons. The zero-order valence-corrected chi connectivity index (χ0v) is 11.3. The lowest BCUT2D eigenvalue weighted by atomic mass is 9.49. The topological polar surface area (TPSA) is 37.3 Å². The van der Waals surface area contributed by atoms with Gasteiger partial charge in [0.15, 0.2) is 0 Å². The molecule has 3 fully saturated rings. The van der Waals surface area contributed by atoms with Crippen molar-refractivity contribution in [2.75, 3.05) is 0 Å². The Balaban J connectivity index is 1.96. The van der Waals surface area contributed by atoms with Crippen LogP contribution in [0.15, 0.2) is 0 Å². The molecule has 3 rings (SSSR count). The molecule has 0 amide bonds. The molecular formula is C15H24O2. The maximum absolute atomic E-state index is 12.1. The van der Waals surface area contributed by atoms with Crippen molar-refractivity contribution in [2.45, 2.75) is 64.9 Å². The van der Waals surface area contributed by atoms with E-state index in [1.807, 2.05) is 0 Å². The summed E-state index contributed by atoms with van der Waals surface area (Å²) in [4.78, 5) is 12.1. The third-order valence-electron chi connectivity index (χ3n) is 6.09. The van der Waals surface area contributed by atoms with Gasteiger partial charge in [0, 0.05) is 11.8 Å². The van der Waals surface area contributed by atoms with Crippen LogP contribution in [0.2, 0.25) is 0 Å². The van der Waals surface area contributed by atoms with Crippen LogP contribution in [0.3, 0.4) is 0 Å². The van der Waals surface area contributed by atoms with Gasteiger partial charge in [-0.25, -0.2) is 0 Å². The quantitative estimate of drug-likeness (QED) is 0.702. The van der Waals surface area contributed by atoms with E-state index in [1.165, 1.54) is 0 Å². The first-order chi connectivity index (χ1) is 7.77. The van der Waals surface area contributed by atoms with Crippen LogP contribution in [0.4, 0.5) is 0 Å². The van der Waals surface area contributed by atoms with Gasteiger partial charge in [0.25, 0.3) is 0 Å². The van der Waals surface area contributed by atoms with E-state index in [9.17, 15) is 9.90 Å². The van der Waals surface area contributed by atoms with Crippen molar-refractivity contribution in [3.8, 4) is 0 Å². The summed E-state index contributed by atoms with van der Waals surface area (Å²) >= 11 is 0. The molecule has 0 spiro atoms. The van der Waals surface area contributed by atoms with Crippen LogP contribution in [0, 0.1) is 22.7 Å². The van der Waals surface area contributed by atoms with Crippen LogP contribution in [-0.4, -0.2) is 16.5 Å². The van der Waals surface area contributed by atoms with E-state index in [1.54, 1.807) is 0 Å². The molecule has 0 aromatic carbocycles. The van der Waals surface area contributed by atoms with Crippen molar-refractivity contribution >= 4 is 5.78 Å². The van der Waals surface area contributed by atoms with Crippen molar-refractivity contribution in [3.05, 3.63) is 0 Å². The maximum Gasteiger partial charge on any atom is 0.138 e. The van der Waals surface area contributed by atoms with Crippen LogP contribution >= 0.6 is 0 Å². The van der Waals surface area contributed by atoms with E-state index in [0.29, 0.717) is 35.9 Å². The Hall–Kier alpha value is -0.370. The molecule has 2 heteroatoms. The Morgan fingerprint density at radius 2 is 1.88 bits per heavy atom. The number of Topliss-reactive ketones (excluding diaryl/α,β-unsaturated/α-hetero) is 1. The minimum atomic E-state index is -0.542. The van der Waals surface area contributed by atoms with E-state index in [-0.39, 0.29) is 5.41 Å². The lowest BCUT2D eigenvalue weighted by Gasteiger charge is -2.57. The van der Waals surface area contributed by atoms with Crippen LogP contribution < -0.4 is 0 Å². The number of carbonyl (C=O) groups is 1. The molecule has 4 atom stereocenters. The summed E-state index contributed by atoms with van der Waals surface area (Å²) in [6, 6.07) is 0. The zero-order chi connectivity index (χ0) is 12.5. The summed E-state index contributed by atoms with van der Waals surface area (Å²) in [6.45, 7) is 6.71. The highest BCUT2D eigenvalue weighted by molar-refractivity contribution is 5.85. The van der Waals surface area contributed by atoms with Gasteiger partial charge in [-0.15, -0.1) is 0 Å². The molecule has 0 aromatic rings. The third kappa shape index (κ3) is 1.46. The molecule has 0 radical (unpaired) electrons. The normalized spacial score (nSPS) is 52.4. The predicted octanol–water partition coefficient (Wildman–Crippen LogP) is 2.93. The summed E-state index contributed by atoms with van der Waals surface area (Å²) in [5, 5.41) is 10.9. The van der Waals surface area contributed by atoms with E-state index in [2.05, 4.69) is 20.8 Å². The second kappa shape index (κ2) is 3.14. The largest absolute Gasteiger partial charge is 0.390 e. The van der Waals surface area contributed by atoms with Gasteiger partial charge in [-0.2, -0.15) is 0 Å². The number of aliphatic hydroxyl groups is 1. The van der Waals surface area contributed by atoms with Crippen molar-refractivity contribution < 1.29 is 9.90 Å². The number of carbonyl (C=O) groups excluding carboxylic acids is 1. The lowest BCUT2D eigenvalue weighted by Crippen LogP contribution is -2.57. The van der Waals surface area contributed by atoms with E-state index in [4.69, 9.17) is 0 Å². The molecule has 2 bridgehead atoms. The standard InChI is InChI=1S/C15H24O2/c1-13(2)8-11-10(13)4-6-14(3)9-15(11,17)7-5-12(14)16/h10-11,17H,4-9H2,1-3H3/t10-,11-,14-,15+/m0/s1. The summed E-state index contributed by atoms with van der Waals surface area (Å²) in [7, 11) is 0. The van der Waals surface area contributed by atoms with E-state index >= 15 is 0 Å². The molecule has 2 nitrogen and oxygen atoms in total. The fourth-order valence-electron chi connectivity index (χ4n) is 4.91. The van der Waals surface area contributed by atoms with Crippen LogP contribution in [0.25, 0.3) is 0 Å². The van der Waals surface area contributed by atoms with Crippen molar-refractivity contribution in [3.63, 3.8) is 0 Å². The average Bonchev–Trinajstić information content (AvgIpc) is 2.28. The minimum absolute atomic E-state index is 0.236. The Morgan fingerprint density at radius 1 is 1.18 bits per heavy atom. The number of hydrogen-bond acceptors (Lipinski definition) is 2. The zero-order valence-electron chi connectivity index (χ0n) is 11.3. The molecule has 0 saturated heterocycles. The average molecular weight is 236 g/mol. The van der Waals surface area contributed by atoms with Gasteiger partial charge in [-0.3, -0.25) is 4.79 Å². The lowest BCUT2D eigenvalue weighted by molar-refractivity contribution is -0.168. The van der Waals surface area contributed by atoms with E-state index < -0.39 is 5.60 Å². The number of hydrogen-bond donors (Lipinski definition) is 1. The molecule has 0 heterocycles. The molecule has 1 N–H and O–H groups in total. The minimum Gasteiger partial charge on any atom is -0.390 e. The van der Waals surface area contributed by atoms with Crippen LogP contribution in [0.1, 0.15) is 59.3 Å². The number of rotatable bonds is 0. The second-order valence-corrected chi connectivity index (χ2v) is 7.71. The predicted molar refractivity (Wildman–Crippen MR) is 66.5 cm³/mol. The Kier molecular flexibility index (Phi) is 2.16. The Bertz CT molecular complexity index is 373. The highest BCUT2D eigenvalue weighted by Gasteiger charge is 2.61. The van der Waals surface area contributed by atoms with Gasteiger partial charge in [-0.1, -0.05) is 20.8 Å². The first kappa shape index (κ1) is 11.7. The van der Waals surface area contributed by atoms with Gasteiger partial charge in [0.2, 0.25) is 0 Å². The third-order valence-corrected chi connectivity index (χ3v) is 6.09. The Morgan fingerprint density at radius 3 is 2.53 bits per heavy atom. The van der Waals surface area contributed by atoms with Gasteiger partial charge >= 0.3 is 0 Å². The second-order valence-electron chi connectivity index (χ2n) is 7.71. The summed E-state index contributed by atoms with van der Waals surface area (Å²) in [5.41, 5.74) is -0.406. The van der Waals surface area contributed by atoms with Crippen molar-refractivity contribution in [1.82, 2.24) is 0 Å². The molecule has 17 heavy (non-hydrogen) atoms. The SMILES string of the molecule is CC1(C)C[C@H]2[C@@H]1CC[C@@]1(C)C[C@]2(O)CCC1=O. The molecular weight excluding hydrogens is 212 g/mol. The fraction of sp³-hybridized carbons (Fsp3) is 0.933. The summed E-state index contributed by atoms with van der Waals surface area (Å²) < 4.78 is 0. The molecule has 3 aliphatic rings. The van der Waals surface area contributed by atoms with Gasteiger partial charge < -0.3 is 5.11 Å². The van der Waals surface area contributed by atoms with Crippen LogP contribution in [-0.2, 0) is 4.79 Å². The molecule has 0 aromatic heterocycles. The molecule has 3 saturated carbocycles. The molecule has 0 aliphatic heterocycles.